The fraction of sp³-hybridized carbons (Fsp3) is 0.400. The number of H-pyrrole nitrogens is 1. The summed E-state index contributed by atoms with van der Waals surface area (Å²) in [7, 11) is 0. The number of nitrogens with one attached hydrogen (secondary N) is 2. The van der Waals surface area contributed by atoms with Crippen molar-refractivity contribution >= 4 is 16.8 Å². The van der Waals surface area contributed by atoms with E-state index in [1.165, 1.54) is 5.56 Å². The number of amides is 1. The van der Waals surface area contributed by atoms with Gasteiger partial charge in [-0.25, -0.2) is 4.98 Å². The standard InChI is InChI=1S/C25H31N3O3/c1-5-17(4)18-10-12-19(13-11-18)24(16(2)3)28-23(29)15-31-14-22-26-21-9-7-6-8-20(21)25(30)27-22/h6-13,16-17,24H,5,14-15H2,1-4H3,(H,28,29)(H,26,27,30)/t17-,24+/m1/s1. The Kier molecular flexibility index (Phi) is 7.58. The topological polar surface area (TPSA) is 84.1 Å². The number of hydrogen-bond donors (Lipinski definition) is 2. The third-order valence-electron chi connectivity index (χ3n) is 5.59. The van der Waals surface area contributed by atoms with E-state index in [4.69, 9.17) is 4.74 Å². The molecule has 164 valence electrons. The van der Waals surface area contributed by atoms with E-state index in [0.717, 1.165) is 12.0 Å². The first kappa shape index (κ1) is 22.7. The van der Waals surface area contributed by atoms with E-state index in [0.29, 0.717) is 22.6 Å². The molecule has 0 radical (unpaired) electrons. The zero-order chi connectivity index (χ0) is 22.4. The van der Waals surface area contributed by atoms with Gasteiger partial charge in [0.2, 0.25) is 5.91 Å². The van der Waals surface area contributed by atoms with Crippen LogP contribution in [0.4, 0.5) is 0 Å². The summed E-state index contributed by atoms with van der Waals surface area (Å²) in [6, 6.07) is 15.5. The molecule has 0 saturated heterocycles. The number of carbonyl (C=O) groups is 1. The van der Waals surface area contributed by atoms with Crippen LogP contribution < -0.4 is 10.9 Å². The van der Waals surface area contributed by atoms with Crippen LogP contribution in [-0.2, 0) is 16.1 Å². The average molecular weight is 422 g/mol. The van der Waals surface area contributed by atoms with Gasteiger partial charge in [0.25, 0.3) is 5.56 Å². The van der Waals surface area contributed by atoms with Crippen LogP contribution in [0.25, 0.3) is 10.9 Å². The van der Waals surface area contributed by atoms with Crippen molar-refractivity contribution in [1.29, 1.82) is 0 Å². The number of carbonyl (C=O) groups excluding carboxylic acids is 1. The molecule has 6 heteroatoms. The van der Waals surface area contributed by atoms with E-state index >= 15 is 0 Å². The van der Waals surface area contributed by atoms with Gasteiger partial charge in [-0.15, -0.1) is 0 Å². The largest absolute Gasteiger partial charge is 0.364 e. The highest BCUT2D eigenvalue weighted by Gasteiger charge is 2.19. The summed E-state index contributed by atoms with van der Waals surface area (Å²) in [6.45, 7) is 8.51. The highest BCUT2D eigenvalue weighted by molar-refractivity contribution is 5.78. The maximum Gasteiger partial charge on any atom is 0.258 e. The molecule has 1 amide bonds. The predicted molar refractivity (Wildman–Crippen MR) is 123 cm³/mol. The van der Waals surface area contributed by atoms with Gasteiger partial charge in [0, 0.05) is 0 Å². The number of hydrogen-bond acceptors (Lipinski definition) is 4. The molecule has 0 aliphatic carbocycles. The number of ether oxygens (including phenoxy) is 1. The van der Waals surface area contributed by atoms with Crippen molar-refractivity contribution in [3.63, 3.8) is 0 Å². The molecule has 0 saturated carbocycles. The van der Waals surface area contributed by atoms with E-state index < -0.39 is 0 Å². The monoisotopic (exact) mass is 421 g/mol. The number of aromatic amines is 1. The Hall–Kier alpha value is -2.99. The van der Waals surface area contributed by atoms with Crippen LogP contribution in [0.5, 0.6) is 0 Å². The summed E-state index contributed by atoms with van der Waals surface area (Å²) in [5, 5.41) is 3.60. The van der Waals surface area contributed by atoms with E-state index in [1.54, 1.807) is 18.2 Å². The third-order valence-corrected chi connectivity index (χ3v) is 5.59. The van der Waals surface area contributed by atoms with Gasteiger partial charge < -0.3 is 15.0 Å². The van der Waals surface area contributed by atoms with E-state index in [1.807, 2.05) is 6.07 Å². The van der Waals surface area contributed by atoms with Crippen LogP contribution in [0.2, 0.25) is 0 Å². The zero-order valence-corrected chi connectivity index (χ0v) is 18.6. The van der Waals surface area contributed by atoms with Crippen LogP contribution in [0.15, 0.2) is 53.3 Å². The minimum atomic E-state index is -0.214. The van der Waals surface area contributed by atoms with Crippen molar-refractivity contribution in [1.82, 2.24) is 15.3 Å². The highest BCUT2D eigenvalue weighted by Crippen LogP contribution is 2.25. The molecule has 0 fully saturated rings. The fourth-order valence-corrected chi connectivity index (χ4v) is 3.56. The molecule has 0 unspecified atom stereocenters. The predicted octanol–water partition coefficient (Wildman–Crippen LogP) is 4.47. The first-order valence-corrected chi connectivity index (χ1v) is 10.8. The molecule has 2 aromatic carbocycles. The van der Waals surface area contributed by atoms with Crippen LogP contribution in [-0.4, -0.2) is 22.5 Å². The second kappa shape index (κ2) is 10.4. The summed E-state index contributed by atoms with van der Waals surface area (Å²) in [5.74, 6) is 0.951. The molecule has 0 bridgehead atoms. The quantitative estimate of drug-likeness (QED) is 0.534. The number of para-hydroxylation sites is 1. The number of nitrogens with zero attached hydrogens (tertiary/aromatic N) is 1. The Bertz CT molecular complexity index is 1070. The Labute approximate surface area is 183 Å². The van der Waals surface area contributed by atoms with Gasteiger partial charge in [-0.2, -0.15) is 0 Å². The SMILES string of the molecule is CC[C@@H](C)c1ccc([C@@H](NC(=O)COCc2nc3ccccc3c(=O)[nH]2)C(C)C)cc1. The van der Waals surface area contributed by atoms with Crippen molar-refractivity contribution in [2.75, 3.05) is 6.61 Å². The maximum atomic E-state index is 12.5. The van der Waals surface area contributed by atoms with Gasteiger partial charge in [0.15, 0.2) is 0 Å². The van der Waals surface area contributed by atoms with Gasteiger partial charge in [0.05, 0.1) is 16.9 Å². The van der Waals surface area contributed by atoms with E-state index in [-0.39, 0.29) is 36.6 Å². The van der Waals surface area contributed by atoms with Crippen LogP contribution in [0.1, 0.15) is 63.0 Å². The van der Waals surface area contributed by atoms with Gasteiger partial charge in [0.1, 0.15) is 19.0 Å². The normalized spacial score (nSPS) is 13.3. The molecular formula is C25H31N3O3. The highest BCUT2D eigenvalue weighted by atomic mass is 16.5. The molecule has 3 aromatic rings. The molecule has 1 heterocycles. The van der Waals surface area contributed by atoms with Gasteiger partial charge in [-0.3, -0.25) is 9.59 Å². The molecule has 0 spiro atoms. The average Bonchev–Trinajstić information content (AvgIpc) is 2.77. The minimum Gasteiger partial charge on any atom is -0.364 e. The lowest BCUT2D eigenvalue weighted by Gasteiger charge is -2.23. The maximum absolute atomic E-state index is 12.5. The Morgan fingerprint density at radius 1 is 1.06 bits per heavy atom. The Morgan fingerprint density at radius 3 is 2.42 bits per heavy atom. The molecule has 0 aliphatic rings. The Morgan fingerprint density at radius 2 is 1.74 bits per heavy atom. The first-order valence-electron chi connectivity index (χ1n) is 10.8. The second-order valence-electron chi connectivity index (χ2n) is 8.29. The summed E-state index contributed by atoms with van der Waals surface area (Å²) >= 11 is 0. The summed E-state index contributed by atoms with van der Waals surface area (Å²) in [5.41, 5.74) is 2.78. The molecule has 2 atom stereocenters. The summed E-state index contributed by atoms with van der Waals surface area (Å²) < 4.78 is 5.52. The van der Waals surface area contributed by atoms with Crippen LogP contribution in [0, 0.1) is 5.92 Å². The number of aromatic nitrogens is 2. The lowest BCUT2D eigenvalue weighted by Crippen LogP contribution is -2.34. The number of benzene rings is 2. The van der Waals surface area contributed by atoms with E-state index in [9.17, 15) is 9.59 Å². The molecule has 3 rings (SSSR count). The number of rotatable bonds is 9. The number of fused-ring (bicyclic) bond motifs is 1. The van der Waals surface area contributed by atoms with Crippen molar-refractivity contribution in [3.05, 3.63) is 75.8 Å². The van der Waals surface area contributed by atoms with Crippen molar-refractivity contribution < 1.29 is 9.53 Å². The molecule has 2 N–H and O–H groups in total. The molecule has 6 nitrogen and oxygen atoms in total. The lowest BCUT2D eigenvalue weighted by molar-refractivity contribution is -0.127. The Balaban J connectivity index is 1.59. The second-order valence-corrected chi connectivity index (χ2v) is 8.29. The summed E-state index contributed by atoms with van der Waals surface area (Å²) in [6.07, 6.45) is 1.10. The summed E-state index contributed by atoms with van der Waals surface area (Å²) in [4.78, 5) is 31.7. The molecule has 31 heavy (non-hydrogen) atoms. The third kappa shape index (κ3) is 5.79. The fourth-order valence-electron chi connectivity index (χ4n) is 3.56. The first-order chi connectivity index (χ1) is 14.9. The molecule has 0 aliphatic heterocycles. The van der Waals surface area contributed by atoms with Gasteiger partial charge in [-0.05, 0) is 41.5 Å². The van der Waals surface area contributed by atoms with Crippen molar-refractivity contribution in [3.8, 4) is 0 Å². The van der Waals surface area contributed by atoms with Crippen LogP contribution >= 0.6 is 0 Å². The van der Waals surface area contributed by atoms with E-state index in [2.05, 4.69) is 67.2 Å². The van der Waals surface area contributed by atoms with Gasteiger partial charge in [-0.1, -0.05) is 64.1 Å². The molecule has 1 aromatic heterocycles. The van der Waals surface area contributed by atoms with Crippen LogP contribution in [0.3, 0.4) is 0 Å². The molecular weight excluding hydrogens is 390 g/mol. The van der Waals surface area contributed by atoms with Crippen molar-refractivity contribution in [2.24, 2.45) is 5.92 Å². The zero-order valence-electron chi connectivity index (χ0n) is 18.6. The van der Waals surface area contributed by atoms with Crippen molar-refractivity contribution in [2.45, 2.75) is 52.7 Å². The lowest BCUT2D eigenvalue weighted by atomic mass is 9.92. The smallest absolute Gasteiger partial charge is 0.258 e. The minimum absolute atomic E-state index is 0.0590. The van der Waals surface area contributed by atoms with Gasteiger partial charge >= 0.3 is 0 Å².